The van der Waals surface area contributed by atoms with Crippen LogP contribution < -0.4 is 5.32 Å². The van der Waals surface area contributed by atoms with Crippen LogP contribution in [0.25, 0.3) is 0 Å². The van der Waals surface area contributed by atoms with Crippen molar-refractivity contribution in [3.05, 3.63) is 39.3 Å². The average molecular weight is 242 g/mol. The molecule has 2 heterocycles. The first-order valence-electron chi connectivity index (χ1n) is 4.68. The molecule has 0 saturated carbocycles. The molecule has 0 aliphatic carbocycles. The van der Waals surface area contributed by atoms with Gasteiger partial charge in [0.25, 0.3) is 0 Å². The molecular weight excluding hydrogens is 230 g/mol. The van der Waals surface area contributed by atoms with E-state index in [1.54, 1.807) is 11.3 Å². The Morgan fingerprint density at radius 1 is 1.53 bits per heavy atom. The second kappa shape index (κ2) is 4.79. The first-order chi connectivity index (χ1) is 7.28. The van der Waals surface area contributed by atoms with Gasteiger partial charge in [-0.2, -0.15) is 5.10 Å². The molecule has 0 aliphatic rings. The maximum atomic E-state index is 5.86. The Morgan fingerprint density at radius 3 is 3.07 bits per heavy atom. The van der Waals surface area contributed by atoms with Crippen LogP contribution in [0.4, 0.5) is 0 Å². The minimum absolute atomic E-state index is 0.793. The summed E-state index contributed by atoms with van der Waals surface area (Å²) in [5.74, 6) is 0. The summed E-state index contributed by atoms with van der Waals surface area (Å²) in [5, 5.41) is 7.37. The van der Waals surface area contributed by atoms with Crippen molar-refractivity contribution in [2.24, 2.45) is 0 Å². The summed E-state index contributed by atoms with van der Waals surface area (Å²) in [7, 11) is 1.93. The van der Waals surface area contributed by atoms with Crippen molar-refractivity contribution in [1.82, 2.24) is 15.1 Å². The van der Waals surface area contributed by atoms with Crippen molar-refractivity contribution in [2.75, 3.05) is 7.05 Å². The molecule has 80 valence electrons. The van der Waals surface area contributed by atoms with Gasteiger partial charge in [-0.3, -0.25) is 4.68 Å². The van der Waals surface area contributed by atoms with Gasteiger partial charge in [-0.1, -0.05) is 11.6 Å². The molecule has 0 radical (unpaired) electrons. The van der Waals surface area contributed by atoms with E-state index in [1.807, 2.05) is 36.3 Å². The number of nitrogens with one attached hydrogen (secondary N) is 1. The van der Waals surface area contributed by atoms with E-state index in [0.717, 1.165) is 17.4 Å². The second-order valence-corrected chi connectivity index (χ2v) is 5.08. The SMILES string of the molecule is CNCc1cnn(Cc2ccc(Cl)s2)c1. The standard InChI is InChI=1S/C10H12ClN3S/c1-12-4-8-5-13-14(6-8)7-9-2-3-10(11)15-9/h2-3,5-6,12H,4,7H2,1H3. The summed E-state index contributed by atoms with van der Waals surface area (Å²) in [6.07, 6.45) is 3.93. The van der Waals surface area contributed by atoms with Gasteiger partial charge in [0.1, 0.15) is 0 Å². The number of halogens is 1. The van der Waals surface area contributed by atoms with E-state index in [2.05, 4.69) is 10.4 Å². The fourth-order valence-electron chi connectivity index (χ4n) is 1.38. The van der Waals surface area contributed by atoms with Crippen molar-refractivity contribution in [1.29, 1.82) is 0 Å². The maximum Gasteiger partial charge on any atom is 0.0931 e. The zero-order valence-electron chi connectivity index (χ0n) is 8.40. The Morgan fingerprint density at radius 2 is 2.40 bits per heavy atom. The molecule has 0 aromatic carbocycles. The normalized spacial score (nSPS) is 10.8. The van der Waals surface area contributed by atoms with Crippen LogP contribution in [0, 0.1) is 0 Å². The summed E-state index contributed by atoms with van der Waals surface area (Å²) in [4.78, 5) is 1.22. The van der Waals surface area contributed by atoms with Crippen molar-refractivity contribution >= 4 is 22.9 Å². The predicted molar refractivity (Wildman–Crippen MR) is 63.4 cm³/mol. The van der Waals surface area contributed by atoms with Crippen LogP contribution in [0.15, 0.2) is 24.5 Å². The van der Waals surface area contributed by atoms with Gasteiger partial charge in [0, 0.05) is 23.2 Å². The van der Waals surface area contributed by atoms with Crippen LogP contribution in [0.2, 0.25) is 4.34 Å². The molecule has 2 aromatic rings. The minimum Gasteiger partial charge on any atom is -0.316 e. The fourth-order valence-corrected chi connectivity index (χ4v) is 2.46. The summed E-state index contributed by atoms with van der Waals surface area (Å²) in [6.45, 7) is 1.65. The first-order valence-corrected chi connectivity index (χ1v) is 5.87. The predicted octanol–water partition coefficient (Wildman–Crippen LogP) is 2.37. The third kappa shape index (κ3) is 2.81. The zero-order chi connectivity index (χ0) is 10.7. The molecule has 0 bridgehead atoms. The molecule has 0 amide bonds. The molecule has 5 heteroatoms. The Labute approximate surface area is 97.7 Å². The molecule has 2 aromatic heterocycles. The second-order valence-electron chi connectivity index (χ2n) is 3.28. The van der Waals surface area contributed by atoms with Crippen LogP contribution in [-0.4, -0.2) is 16.8 Å². The molecule has 15 heavy (non-hydrogen) atoms. The molecule has 1 N–H and O–H groups in total. The third-order valence-corrected chi connectivity index (χ3v) is 3.23. The van der Waals surface area contributed by atoms with Crippen molar-refractivity contribution in [3.63, 3.8) is 0 Å². The fraction of sp³-hybridized carbons (Fsp3) is 0.300. The van der Waals surface area contributed by atoms with E-state index >= 15 is 0 Å². The number of rotatable bonds is 4. The van der Waals surface area contributed by atoms with Crippen LogP contribution in [0.1, 0.15) is 10.4 Å². The van der Waals surface area contributed by atoms with E-state index in [9.17, 15) is 0 Å². The highest BCUT2D eigenvalue weighted by Gasteiger charge is 2.01. The van der Waals surface area contributed by atoms with Gasteiger partial charge in [-0.05, 0) is 19.2 Å². The molecule has 0 saturated heterocycles. The molecule has 0 atom stereocenters. The van der Waals surface area contributed by atoms with Crippen LogP contribution in [-0.2, 0) is 13.1 Å². The van der Waals surface area contributed by atoms with Crippen molar-refractivity contribution in [2.45, 2.75) is 13.1 Å². The lowest BCUT2D eigenvalue weighted by Crippen LogP contribution is -2.04. The van der Waals surface area contributed by atoms with Gasteiger partial charge in [-0.25, -0.2) is 0 Å². The molecule has 0 aliphatic heterocycles. The molecule has 0 fully saturated rings. The number of thiophene rings is 1. The number of hydrogen-bond donors (Lipinski definition) is 1. The van der Waals surface area contributed by atoms with Gasteiger partial charge >= 0.3 is 0 Å². The summed E-state index contributed by atoms with van der Waals surface area (Å²) >= 11 is 7.45. The van der Waals surface area contributed by atoms with Crippen LogP contribution in [0.5, 0.6) is 0 Å². The van der Waals surface area contributed by atoms with Crippen molar-refractivity contribution < 1.29 is 0 Å². The molecule has 2 rings (SSSR count). The van der Waals surface area contributed by atoms with Crippen LogP contribution in [0.3, 0.4) is 0 Å². The number of nitrogens with zero attached hydrogens (tertiary/aromatic N) is 2. The van der Waals surface area contributed by atoms with E-state index in [4.69, 9.17) is 11.6 Å². The highest BCUT2D eigenvalue weighted by Crippen LogP contribution is 2.21. The lowest BCUT2D eigenvalue weighted by Gasteiger charge is -1.97. The van der Waals surface area contributed by atoms with Gasteiger partial charge < -0.3 is 5.32 Å². The van der Waals surface area contributed by atoms with Gasteiger partial charge in [-0.15, -0.1) is 11.3 Å². The van der Waals surface area contributed by atoms with E-state index in [0.29, 0.717) is 0 Å². The largest absolute Gasteiger partial charge is 0.316 e. The maximum absolute atomic E-state index is 5.86. The highest BCUT2D eigenvalue weighted by molar-refractivity contribution is 7.16. The summed E-state index contributed by atoms with van der Waals surface area (Å²) < 4.78 is 2.75. The van der Waals surface area contributed by atoms with E-state index < -0.39 is 0 Å². The smallest absolute Gasteiger partial charge is 0.0931 e. The number of aromatic nitrogens is 2. The Kier molecular flexibility index (Phi) is 3.41. The molecule has 3 nitrogen and oxygen atoms in total. The quantitative estimate of drug-likeness (QED) is 0.891. The lowest BCUT2D eigenvalue weighted by molar-refractivity contribution is 0.693. The molecular formula is C10H12ClN3S. The average Bonchev–Trinajstić information content (AvgIpc) is 2.78. The molecule has 0 spiro atoms. The van der Waals surface area contributed by atoms with E-state index in [1.165, 1.54) is 10.4 Å². The summed E-state index contributed by atoms with van der Waals surface area (Å²) in [5.41, 5.74) is 1.19. The monoisotopic (exact) mass is 241 g/mol. The minimum atomic E-state index is 0.793. The summed E-state index contributed by atoms with van der Waals surface area (Å²) in [6, 6.07) is 3.95. The van der Waals surface area contributed by atoms with Gasteiger partial charge in [0.05, 0.1) is 17.1 Å². The Bertz CT molecular complexity index is 435. The third-order valence-electron chi connectivity index (χ3n) is 2.01. The zero-order valence-corrected chi connectivity index (χ0v) is 9.98. The Hall–Kier alpha value is -0.840. The molecule has 0 unspecified atom stereocenters. The first kappa shape index (κ1) is 10.7. The lowest BCUT2D eigenvalue weighted by atomic mass is 10.4. The topological polar surface area (TPSA) is 29.9 Å². The van der Waals surface area contributed by atoms with E-state index in [-0.39, 0.29) is 0 Å². The van der Waals surface area contributed by atoms with Gasteiger partial charge in [0.2, 0.25) is 0 Å². The highest BCUT2D eigenvalue weighted by atomic mass is 35.5. The van der Waals surface area contributed by atoms with Crippen LogP contribution >= 0.6 is 22.9 Å². The van der Waals surface area contributed by atoms with Gasteiger partial charge in [0.15, 0.2) is 0 Å². The number of hydrogen-bond acceptors (Lipinski definition) is 3. The Balaban J connectivity index is 2.04. The van der Waals surface area contributed by atoms with Crippen molar-refractivity contribution in [3.8, 4) is 0 Å².